The highest BCUT2D eigenvalue weighted by Gasteiger charge is 2.25. The predicted molar refractivity (Wildman–Crippen MR) is 370 cm³/mol. The predicted octanol–water partition coefficient (Wildman–Crippen LogP) is 18.4. The fraction of sp³-hybridized carbons (Fsp3) is 0. The van der Waals surface area contributed by atoms with Gasteiger partial charge < -0.3 is 9.13 Å². The third-order valence-electron chi connectivity index (χ3n) is 17.5. The van der Waals surface area contributed by atoms with Gasteiger partial charge in [0, 0.05) is 49.4 Å². The van der Waals surface area contributed by atoms with E-state index in [0.717, 1.165) is 99.5 Å². The third kappa shape index (κ3) is 9.89. The molecular formula is C83H41N13. The fourth-order valence-corrected chi connectivity index (χ4v) is 13.0. The average Bonchev–Trinajstić information content (AvgIpc) is 1.57. The number of para-hydroxylation sites is 1. The van der Waals surface area contributed by atoms with Crippen LogP contribution in [0.25, 0.3) is 145 Å². The van der Waals surface area contributed by atoms with E-state index < -0.39 is 0 Å². The van der Waals surface area contributed by atoms with Crippen LogP contribution in [0.1, 0.15) is 44.5 Å². The van der Waals surface area contributed by atoms with Gasteiger partial charge in [-0.25, -0.2) is 15.0 Å². The van der Waals surface area contributed by atoms with Gasteiger partial charge in [0.15, 0.2) is 17.5 Å². The summed E-state index contributed by atoms with van der Waals surface area (Å²) >= 11 is 0. The molecule has 0 spiro atoms. The molecule has 3 heterocycles. The molecule has 0 bridgehead atoms. The Morgan fingerprint density at radius 2 is 0.521 bits per heavy atom. The molecule has 0 atom stereocenters. The highest BCUT2D eigenvalue weighted by atomic mass is 15.0. The molecule has 12 aromatic carbocycles. The molecule has 0 aliphatic heterocycles. The molecule has 15 aromatic rings. The van der Waals surface area contributed by atoms with Crippen LogP contribution in [-0.4, -0.2) is 24.1 Å². The molecule has 15 rings (SSSR count). The summed E-state index contributed by atoms with van der Waals surface area (Å²) in [5.41, 5.74) is 17.0. The van der Waals surface area contributed by atoms with Crippen LogP contribution in [0.4, 0.5) is 0 Å². The topological polar surface area (TPSA) is 239 Å². The van der Waals surface area contributed by atoms with Crippen LogP contribution in [-0.2, 0) is 0 Å². The van der Waals surface area contributed by atoms with Crippen molar-refractivity contribution in [1.29, 1.82) is 42.1 Å². The standard InChI is InChI=1S/C83H41N13/c84-42-50-15-24-65(61(33-50)46-88)56-19-28-77-71(37-56)72-38-57(66-25-16-51(43-85)34-62(66)47-89)20-29-78(72)95(77)75-14-8-7-13-69(75)70-41-60(83-93-81(54-9-3-1-4-10-54)92-82(94-83)55-11-5-2-6-12-55)23-32-76(70)96-79-30-21-58(67-26-17-52(44-86)35-63(67)48-90)39-73(79)74-40-59(22-31-80(74)96)68-27-18-53(45-87)36-64(68)49-91/h1-41H. The first-order valence-corrected chi connectivity index (χ1v) is 30.3. The molecule has 0 unspecified atom stereocenters. The van der Waals surface area contributed by atoms with E-state index in [2.05, 4.69) is 106 Å². The van der Waals surface area contributed by atoms with Crippen LogP contribution in [0.3, 0.4) is 0 Å². The van der Waals surface area contributed by atoms with Crippen molar-refractivity contribution in [2.75, 3.05) is 0 Å². The number of fused-ring (bicyclic) bond motifs is 6. The Balaban J connectivity index is 1.03. The number of rotatable bonds is 10. The highest BCUT2D eigenvalue weighted by molar-refractivity contribution is 6.14. The lowest BCUT2D eigenvalue weighted by Gasteiger charge is -2.20. The smallest absolute Gasteiger partial charge is 0.164 e. The molecule has 0 aliphatic carbocycles. The second-order valence-corrected chi connectivity index (χ2v) is 22.8. The van der Waals surface area contributed by atoms with Crippen molar-refractivity contribution in [3.05, 3.63) is 293 Å². The van der Waals surface area contributed by atoms with Gasteiger partial charge in [-0.3, -0.25) is 0 Å². The molecule has 13 nitrogen and oxygen atoms in total. The van der Waals surface area contributed by atoms with Gasteiger partial charge in [0.1, 0.15) is 0 Å². The molecule has 0 amide bonds. The van der Waals surface area contributed by atoms with Gasteiger partial charge in [0.2, 0.25) is 0 Å². The molecular weight excluding hydrogens is 1180 g/mol. The Morgan fingerprint density at radius 1 is 0.219 bits per heavy atom. The van der Waals surface area contributed by atoms with E-state index >= 15 is 0 Å². The van der Waals surface area contributed by atoms with Crippen molar-refractivity contribution in [3.8, 4) is 150 Å². The number of nitriles is 8. The van der Waals surface area contributed by atoms with Crippen LogP contribution >= 0.6 is 0 Å². The molecule has 0 saturated heterocycles. The van der Waals surface area contributed by atoms with E-state index in [-0.39, 0.29) is 0 Å². The Morgan fingerprint density at radius 3 is 0.854 bits per heavy atom. The Bertz CT molecular complexity index is 5870. The molecule has 0 N–H and O–H groups in total. The Hall–Kier alpha value is -14.8. The summed E-state index contributed by atoms with van der Waals surface area (Å²) in [6.07, 6.45) is 0. The number of hydrogen-bond donors (Lipinski definition) is 0. The maximum absolute atomic E-state index is 10.5. The van der Waals surface area contributed by atoms with Gasteiger partial charge in [-0.05, 0) is 166 Å². The van der Waals surface area contributed by atoms with Crippen molar-refractivity contribution in [3.63, 3.8) is 0 Å². The van der Waals surface area contributed by atoms with Gasteiger partial charge in [-0.1, -0.05) is 127 Å². The van der Waals surface area contributed by atoms with Gasteiger partial charge in [-0.2, -0.15) is 42.1 Å². The number of benzene rings is 12. The fourth-order valence-electron chi connectivity index (χ4n) is 13.0. The van der Waals surface area contributed by atoms with Crippen LogP contribution in [0.2, 0.25) is 0 Å². The van der Waals surface area contributed by atoms with E-state index in [1.54, 1.807) is 72.8 Å². The third-order valence-corrected chi connectivity index (χ3v) is 17.5. The second kappa shape index (κ2) is 23.8. The van der Waals surface area contributed by atoms with E-state index in [4.69, 9.17) is 15.0 Å². The number of aromatic nitrogens is 5. The Labute approximate surface area is 549 Å². The maximum atomic E-state index is 10.5. The molecule has 438 valence electrons. The average molecular weight is 1220 g/mol. The lowest BCUT2D eigenvalue weighted by Crippen LogP contribution is -2.03. The SMILES string of the molecule is N#Cc1ccc(-c2ccc3c(c2)c2cc(-c4ccc(C#N)cc4C#N)ccc2n3-c2ccccc2-c2cc(-c3nc(-c4ccccc4)nc(-c4ccccc4)n3)ccc2-n2c3ccc(-c4ccc(C#N)cc4C#N)cc3c3cc(-c4ccc(C#N)cc4C#N)ccc32)c(C#N)c1. The summed E-state index contributed by atoms with van der Waals surface area (Å²) in [6.45, 7) is 0. The maximum Gasteiger partial charge on any atom is 0.164 e. The van der Waals surface area contributed by atoms with Crippen molar-refractivity contribution < 1.29 is 0 Å². The lowest BCUT2D eigenvalue weighted by molar-refractivity contribution is 1.07. The summed E-state index contributed by atoms with van der Waals surface area (Å²) in [4.78, 5) is 15.5. The van der Waals surface area contributed by atoms with Gasteiger partial charge in [0.05, 0.1) is 127 Å². The van der Waals surface area contributed by atoms with E-state index in [0.29, 0.717) is 89.8 Å². The molecule has 0 aliphatic rings. The first-order valence-electron chi connectivity index (χ1n) is 30.3. The minimum absolute atomic E-state index is 0.340. The van der Waals surface area contributed by atoms with Gasteiger partial charge in [-0.15, -0.1) is 0 Å². The summed E-state index contributed by atoms with van der Waals surface area (Å²) in [6, 6.07) is 96.6. The Kier molecular flexibility index (Phi) is 14.3. The van der Waals surface area contributed by atoms with E-state index in [9.17, 15) is 42.1 Å². The normalized spacial score (nSPS) is 10.8. The summed E-state index contributed by atoms with van der Waals surface area (Å²) in [5.74, 6) is 1.39. The number of hydrogen-bond acceptors (Lipinski definition) is 11. The van der Waals surface area contributed by atoms with Crippen LogP contribution in [0.15, 0.2) is 249 Å². The first kappa shape index (κ1) is 57.6. The number of nitrogens with zero attached hydrogens (tertiary/aromatic N) is 13. The monoisotopic (exact) mass is 1220 g/mol. The van der Waals surface area contributed by atoms with Crippen molar-refractivity contribution in [1.82, 2.24) is 24.1 Å². The molecule has 3 aromatic heterocycles. The second-order valence-electron chi connectivity index (χ2n) is 22.8. The van der Waals surface area contributed by atoms with Crippen molar-refractivity contribution in [2.45, 2.75) is 0 Å². The first-order chi connectivity index (χ1) is 47.2. The molecule has 0 fully saturated rings. The minimum Gasteiger partial charge on any atom is -0.309 e. The zero-order chi connectivity index (χ0) is 65.6. The summed E-state index contributed by atoms with van der Waals surface area (Å²) in [5, 5.41) is 84.7. The van der Waals surface area contributed by atoms with Crippen LogP contribution < -0.4 is 0 Å². The van der Waals surface area contributed by atoms with Gasteiger partial charge in [0.25, 0.3) is 0 Å². The quantitative estimate of drug-likeness (QED) is 0.125. The summed E-state index contributed by atoms with van der Waals surface area (Å²) < 4.78 is 4.44. The van der Waals surface area contributed by atoms with Crippen LogP contribution in [0, 0.1) is 90.6 Å². The largest absolute Gasteiger partial charge is 0.309 e. The van der Waals surface area contributed by atoms with Crippen molar-refractivity contribution in [2.24, 2.45) is 0 Å². The van der Waals surface area contributed by atoms with Gasteiger partial charge >= 0.3 is 0 Å². The molecule has 0 radical (unpaired) electrons. The van der Waals surface area contributed by atoms with E-state index in [1.807, 2.05) is 127 Å². The molecule has 0 saturated carbocycles. The zero-order valence-corrected chi connectivity index (χ0v) is 50.5. The van der Waals surface area contributed by atoms with E-state index in [1.165, 1.54) is 0 Å². The summed E-state index contributed by atoms with van der Waals surface area (Å²) in [7, 11) is 0. The van der Waals surface area contributed by atoms with Crippen molar-refractivity contribution >= 4 is 43.6 Å². The molecule has 96 heavy (non-hydrogen) atoms. The highest BCUT2D eigenvalue weighted by Crippen LogP contribution is 2.46. The van der Waals surface area contributed by atoms with Crippen LogP contribution in [0.5, 0.6) is 0 Å². The lowest BCUT2D eigenvalue weighted by atomic mass is 9.95. The minimum atomic E-state index is 0.340. The molecule has 13 heteroatoms. The zero-order valence-electron chi connectivity index (χ0n) is 50.5.